The van der Waals surface area contributed by atoms with Crippen LogP contribution < -0.4 is 10.6 Å². The molecular weight excluding hydrogens is 319 g/mol. The van der Waals surface area contributed by atoms with E-state index in [9.17, 15) is 9.18 Å². The maximum atomic E-state index is 13.7. The fraction of sp³-hybridized carbons (Fsp3) is 0.105. The molecule has 0 aliphatic heterocycles. The molecule has 0 saturated heterocycles. The molecule has 0 bridgehead atoms. The molecule has 0 fully saturated rings. The van der Waals surface area contributed by atoms with Gasteiger partial charge >= 0.3 is 0 Å². The van der Waals surface area contributed by atoms with E-state index in [2.05, 4.69) is 20.6 Å². The Morgan fingerprint density at radius 3 is 2.56 bits per heavy atom. The summed E-state index contributed by atoms with van der Waals surface area (Å²) in [4.78, 5) is 20.4. The molecule has 1 amide bonds. The van der Waals surface area contributed by atoms with Gasteiger partial charge in [0, 0.05) is 11.8 Å². The van der Waals surface area contributed by atoms with Gasteiger partial charge in [-0.3, -0.25) is 4.79 Å². The van der Waals surface area contributed by atoms with Gasteiger partial charge in [-0.15, -0.1) is 0 Å². The van der Waals surface area contributed by atoms with Crippen LogP contribution in [0.25, 0.3) is 0 Å². The van der Waals surface area contributed by atoms with Crippen molar-refractivity contribution >= 4 is 23.1 Å². The van der Waals surface area contributed by atoms with Crippen molar-refractivity contribution in [2.45, 2.75) is 13.8 Å². The zero-order chi connectivity index (χ0) is 17.8. The van der Waals surface area contributed by atoms with Crippen molar-refractivity contribution in [1.82, 2.24) is 9.97 Å². The summed E-state index contributed by atoms with van der Waals surface area (Å²) >= 11 is 0. The van der Waals surface area contributed by atoms with Crippen LogP contribution in [0.1, 0.15) is 21.6 Å². The Labute approximate surface area is 145 Å². The number of aryl methyl sites for hydroxylation is 1. The third-order valence-corrected chi connectivity index (χ3v) is 3.89. The van der Waals surface area contributed by atoms with Gasteiger partial charge in [0.2, 0.25) is 0 Å². The largest absolute Gasteiger partial charge is 0.340 e. The van der Waals surface area contributed by atoms with Gasteiger partial charge in [0.1, 0.15) is 23.7 Å². The quantitative estimate of drug-likeness (QED) is 0.748. The smallest absolute Gasteiger partial charge is 0.274 e. The number of carbonyl (C=O) groups excluding carboxylic acids is 1. The third-order valence-electron chi connectivity index (χ3n) is 3.89. The molecule has 1 aromatic heterocycles. The number of anilines is 3. The fourth-order valence-electron chi connectivity index (χ4n) is 2.32. The second-order valence-corrected chi connectivity index (χ2v) is 5.59. The Hall–Kier alpha value is -3.28. The predicted molar refractivity (Wildman–Crippen MR) is 95.6 cm³/mol. The lowest BCUT2D eigenvalue weighted by Crippen LogP contribution is -2.15. The summed E-state index contributed by atoms with van der Waals surface area (Å²) in [6.45, 7) is 4.03. The van der Waals surface area contributed by atoms with E-state index in [1.165, 1.54) is 24.5 Å². The van der Waals surface area contributed by atoms with Crippen molar-refractivity contribution in [3.05, 3.63) is 77.5 Å². The number of halogens is 1. The molecule has 2 N–H and O–H groups in total. The highest BCUT2D eigenvalue weighted by Crippen LogP contribution is 2.22. The summed E-state index contributed by atoms with van der Waals surface area (Å²) in [5, 5.41) is 5.68. The number of para-hydroxylation sites is 1. The minimum atomic E-state index is -0.503. The van der Waals surface area contributed by atoms with E-state index >= 15 is 0 Å². The Kier molecular flexibility index (Phi) is 4.70. The Balaban J connectivity index is 1.80. The first-order valence-electron chi connectivity index (χ1n) is 7.76. The molecule has 5 nitrogen and oxygen atoms in total. The lowest BCUT2D eigenvalue weighted by Gasteiger charge is -2.11. The van der Waals surface area contributed by atoms with E-state index in [0.717, 1.165) is 16.8 Å². The number of amides is 1. The van der Waals surface area contributed by atoms with Crippen molar-refractivity contribution in [2.75, 3.05) is 10.6 Å². The molecule has 0 atom stereocenters. The average molecular weight is 336 g/mol. The summed E-state index contributed by atoms with van der Waals surface area (Å²) in [6.07, 6.45) is 1.30. The van der Waals surface area contributed by atoms with E-state index in [1.54, 1.807) is 12.1 Å². The molecule has 0 radical (unpaired) electrons. The summed E-state index contributed by atoms with van der Waals surface area (Å²) in [5.74, 6) is -0.516. The Morgan fingerprint density at radius 1 is 1.00 bits per heavy atom. The molecule has 0 aliphatic carbocycles. The zero-order valence-corrected chi connectivity index (χ0v) is 13.9. The van der Waals surface area contributed by atoms with Gasteiger partial charge in [0.15, 0.2) is 0 Å². The van der Waals surface area contributed by atoms with E-state index in [-0.39, 0.29) is 11.4 Å². The van der Waals surface area contributed by atoms with Gasteiger partial charge in [-0.1, -0.05) is 24.3 Å². The van der Waals surface area contributed by atoms with Gasteiger partial charge in [-0.2, -0.15) is 0 Å². The van der Waals surface area contributed by atoms with Crippen LogP contribution in [0, 0.1) is 19.7 Å². The topological polar surface area (TPSA) is 66.9 Å². The van der Waals surface area contributed by atoms with Gasteiger partial charge < -0.3 is 10.6 Å². The molecular formula is C19H17FN4O. The van der Waals surface area contributed by atoms with E-state index in [4.69, 9.17) is 0 Å². The molecule has 1 heterocycles. The highest BCUT2D eigenvalue weighted by Gasteiger charge is 2.12. The molecule has 3 aromatic rings. The first-order chi connectivity index (χ1) is 12.0. The third kappa shape index (κ3) is 3.80. The first-order valence-corrected chi connectivity index (χ1v) is 7.76. The number of hydrogen-bond acceptors (Lipinski definition) is 4. The molecule has 6 heteroatoms. The molecule has 25 heavy (non-hydrogen) atoms. The molecule has 0 aliphatic rings. The van der Waals surface area contributed by atoms with Gasteiger partial charge in [-0.05, 0) is 43.2 Å². The lowest BCUT2D eigenvalue weighted by molar-refractivity contribution is 0.102. The van der Waals surface area contributed by atoms with Gasteiger partial charge in [0.25, 0.3) is 5.91 Å². The van der Waals surface area contributed by atoms with Crippen LogP contribution in [0.2, 0.25) is 0 Å². The average Bonchev–Trinajstić information content (AvgIpc) is 2.61. The van der Waals surface area contributed by atoms with Gasteiger partial charge in [0.05, 0.1) is 5.69 Å². The van der Waals surface area contributed by atoms with Crippen LogP contribution in [0.15, 0.2) is 54.9 Å². The maximum Gasteiger partial charge on any atom is 0.274 e. The summed E-state index contributed by atoms with van der Waals surface area (Å²) in [6, 6.07) is 13.4. The zero-order valence-electron chi connectivity index (χ0n) is 13.9. The number of aromatic nitrogens is 2. The minimum absolute atomic E-state index is 0.107. The lowest BCUT2D eigenvalue weighted by atomic mass is 10.1. The standard InChI is InChI=1S/C19H17FN4O/c1-12-6-5-9-15(13(12)2)23-18-10-17(21-11-22-18)19(25)24-16-8-4-3-7-14(16)20/h3-11H,1-2H3,(H,24,25)(H,21,22,23). The number of benzene rings is 2. The van der Waals surface area contributed by atoms with Crippen molar-refractivity contribution in [1.29, 1.82) is 0 Å². The summed E-state index contributed by atoms with van der Waals surface area (Å²) < 4.78 is 13.7. The van der Waals surface area contributed by atoms with Crippen molar-refractivity contribution in [3.63, 3.8) is 0 Å². The van der Waals surface area contributed by atoms with Gasteiger partial charge in [-0.25, -0.2) is 14.4 Å². The van der Waals surface area contributed by atoms with Crippen LogP contribution in [0.4, 0.5) is 21.6 Å². The Bertz CT molecular complexity index is 927. The molecule has 126 valence electrons. The summed E-state index contributed by atoms with van der Waals surface area (Å²) in [7, 11) is 0. The van der Waals surface area contributed by atoms with E-state index in [1.807, 2.05) is 32.0 Å². The van der Waals surface area contributed by atoms with E-state index in [0.29, 0.717) is 5.82 Å². The maximum absolute atomic E-state index is 13.7. The second kappa shape index (κ2) is 7.09. The molecule has 3 rings (SSSR count). The number of nitrogens with one attached hydrogen (secondary N) is 2. The van der Waals surface area contributed by atoms with Crippen molar-refractivity contribution < 1.29 is 9.18 Å². The number of carbonyl (C=O) groups is 1. The predicted octanol–water partition coefficient (Wildman–Crippen LogP) is 4.23. The second-order valence-electron chi connectivity index (χ2n) is 5.59. The van der Waals surface area contributed by atoms with Crippen LogP contribution >= 0.6 is 0 Å². The van der Waals surface area contributed by atoms with Crippen LogP contribution in [0.5, 0.6) is 0 Å². The first kappa shape index (κ1) is 16.6. The van der Waals surface area contributed by atoms with E-state index < -0.39 is 11.7 Å². The van der Waals surface area contributed by atoms with Crippen LogP contribution in [-0.2, 0) is 0 Å². The molecule has 2 aromatic carbocycles. The normalized spacial score (nSPS) is 10.4. The minimum Gasteiger partial charge on any atom is -0.340 e. The number of rotatable bonds is 4. The number of nitrogens with zero attached hydrogens (tertiary/aromatic N) is 2. The molecule has 0 saturated carbocycles. The van der Waals surface area contributed by atoms with Crippen LogP contribution in [-0.4, -0.2) is 15.9 Å². The fourth-order valence-corrected chi connectivity index (χ4v) is 2.32. The Morgan fingerprint density at radius 2 is 1.76 bits per heavy atom. The highest BCUT2D eigenvalue weighted by atomic mass is 19.1. The summed E-state index contributed by atoms with van der Waals surface area (Å²) in [5.41, 5.74) is 3.40. The van der Waals surface area contributed by atoms with Crippen molar-refractivity contribution in [2.24, 2.45) is 0 Å². The molecule has 0 spiro atoms. The van der Waals surface area contributed by atoms with Crippen LogP contribution in [0.3, 0.4) is 0 Å². The highest BCUT2D eigenvalue weighted by molar-refractivity contribution is 6.03. The molecule has 0 unspecified atom stereocenters. The van der Waals surface area contributed by atoms with Crippen molar-refractivity contribution in [3.8, 4) is 0 Å². The SMILES string of the molecule is Cc1cccc(Nc2cc(C(=O)Nc3ccccc3F)ncn2)c1C. The monoisotopic (exact) mass is 336 g/mol. The number of hydrogen-bond donors (Lipinski definition) is 2.